The largest absolute Gasteiger partial charge is 0.338 e. The van der Waals surface area contributed by atoms with E-state index in [0.717, 1.165) is 33.0 Å². The van der Waals surface area contributed by atoms with Crippen LogP contribution in [0, 0.1) is 0 Å². The first-order valence-electron chi connectivity index (χ1n) is 9.17. The Hall–Kier alpha value is -3.23. The molecule has 0 spiro atoms. The Morgan fingerprint density at radius 3 is 2.15 bits per heavy atom. The van der Waals surface area contributed by atoms with E-state index in [9.17, 15) is 4.79 Å². The van der Waals surface area contributed by atoms with Gasteiger partial charge in [0, 0.05) is 16.7 Å². The molecule has 1 saturated heterocycles. The van der Waals surface area contributed by atoms with Crippen molar-refractivity contribution in [2.75, 3.05) is 0 Å². The first-order valence-corrected chi connectivity index (χ1v) is 9.17. The van der Waals surface area contributed by atoms with E-state index in [1.165, 1.54) is 0 Å². The summed E-state index contributed by atoms with van der Waals surface area (Å²) in [6.07, 6.45) is 0. The molecule has 2 aliphatic rings. The molecule has 1 heterocycles. The van der Waals surface area contributed by atoms with Gasteiger partial charge in [0.25, 0.3) is 0 Å². The van der Waals surface area contributed by atoms with Crippen LogP contribution in [-0.4, -0.2) is 5.78 Å². The second-order valence-electron chi connectivity index (χ2n) is 7.23. The van der Waals surface area contributed by atoms with Gasteiger partial charge in [-0.15, -0.1) is 0 Å². The number of epoxide rings is 1. The zero-order valence-corrected chi connectivity index (χ0v) is 14.6. The number of carbonyl (C=O) groups excluding carboxylic acids is 1. The molecule has 1 aliphatic heterocycles. The molecule has 128 valence electrons. The molecular formula is C25H16O2. The molecule has 0 aromatic heterocycles. The van der Waals surface area contributed by atoms with Crippen molar-refractivity contribution in [2.24, 2.45) is 0 Å². The van der Waals surface area contributed by atoms with Crippen LogP contribution in [0.15, 0.2) is 97.1 Å². The SMILES string of the molecule is O=C1c2ccccc2[C@]2(c3ccccc3)O[C@]12c1cccc2ccccc12. The highest BCUT2D eigenvalue weighted by atomic mass is 16.6. The van der Waals surface area contributed by atoms with Crippen LogP contribution in [0.2, 0.25) is 0 Å². The average molecular weight is 348 g/mol. The summed E-state index contributed by atoms with van der Waals surface area (Å²) in [6.45, 7) is 0. The summed E-state index contributed by atoms with van der Waals surface area (Å²) < 4.78 is 6.50. The summed E-state index contributed by atoms with van der Waals surface area (Å²) in [5.74, 6) is 0.0540. The fourth-order valence-corrected chi connectivity index (χ4v) is 4.82. The number of ether oxygens (including phenoxy) is 1. The minimum atomic E-state index is -0.987. The third-order valence-electron chi connectivity index (χ3n) is 5.98. The smallest absolute Gasteiger partial charge is 0.203 e. The number of Topliss-reactive ketones (excluding diaryl/α,β-unsaturated/α-hetero) is 1. The number of benzene rings is 4. The Morgan fingerprint density at radius 1 is 0.593 bits per heavy atom. The standard InChI is InChI=1S/C25H16O2/c26-23-20-14-6-7-15-22(20)24(18-11-2-1-3-12-18)25(23,27-24)21-16-8-10-17-9-4-5-13-19(17)21/h1-16H/t24-,25+/m0/s1. The van der Waals surface area contributed by atoms with Crippen molar-refractivity contribution in [2.45, 2.75) is 11.2 Å². The summed E-state index contributed by atoms with van der Waals surface area (Å²) in [4.78, 5) is 13.7. The van der Waals surface area contributed by atoms with Crippen LogP contribution in [0.4, 0.5) is 0 Å². The van der Waals surface area contributed by atoms with Crippen molar-refractivity contribution in [3.63, 3.8) is 0 Å². The van der Waals surface area contributed by atoms with Crippen molar-refractivity contribution in [3.8, 4) is 0 Å². The second-order valence-corrected chi connectivity index (χ2v) is 7.23. The third-order valence-corrected chi connectivity index (χ3v) is 5.98. The van der Waals surface area contributed by atoms with E-state index in [1.807, 2.05) is 66.7 Å². The van der Waals surface area contributed by atoms with Gasteiger partial charge >= 0.3 is 0 Å². The summed E-state index contributed by atoms with van der Waals surface area (Å²) >= 11 is 0. The lowest BCUT2D eigenvalue weighted by molar-refractivity contribution is 0.0869. The molecule has 27 heavy (non-hydrogen) atoms. The molecule has 0 unspecified atom stereocenters. The monoisotopic (exact) mass is 348 g/mol. The summed E-state index contributed by atoms with van der Waals surface area (Å²) in [5.41, 5.74) is 1.97. The van der Waals surface area contributed by atoms with E-state index in [0.29, 0.717) is 0 Å². The van der Waals surface area contributed by atoms with Gasteiger partial charge in [-0.1, -0.05) is 97.1 Å². The van der Waals surface area contributed by atoms with E-state index in [2.05, 4.69) is 30.3 Å². The van der Waals surface area contributed by atoms with Crippen molar-refractivity contribution < 1.29 is 9.53 Å². The Morgan fingerprint density at radius 2 is 1.26 bits per heavy atom. The zero-order valence-electron chi connectivity index (χ0n) is 14.6. The quantitative estimate of drug-likeness (QED) is 0.466. The van der Waals surface area contributed by atoms with E-state index >= 15 is 0 Å². The molecule has 0 amide bonds. The normalized spacial score (nSPS) is 25.3. The van der Waals surface area contributed by atoms with Crippen molar-refractivity contribution in [1.29, 1.82) is 0 Å². The van der Waals surface area contributed by atoms with Gasteiger partial charge in [0.15, 0.2) is 11.2 Å². The molecule has 0 bridgehead atoms. The van der Waals surface area contributed by atoms with Gasteiger partial charge < -0.3 is 4.74 Å². The Kier molecular flexibility index (Phi) is 2.72. The average Bonchev–Trinajstić information content (AvgIpc) is 3.40. The summed E-state index contributed by atoms with van der Waals surface area (Å²) in [6, 6.07) is 32.3. The van der Waals surface area contributed by atoms with Gasteiger partial charge in [-0.05, 0) is 16.3 Å². The van der Waals surface area contributed by atoms with Crippen LogP contribution in [0.3, 0.4) is 0 Å². The number of rotatable bonds is 2. The van der Waals surface area contributed by atoms with Gasteiger partial charge in [0.2, 0.25) is 5.78 Å². The Balaban J connectivity index is 1.71. The zero-order chi connectivity index (χ0) is 18.1. The van der Waals surface area contributed by atoms with Gasteiger partial charge in [-0.2, -0.15) is 0 Å². The number of fused-ring (bicyclic) bond motifs is 4. The number of carbonyl (C=O) groups is 1. The number of hydrogen-bond donors (Lipinski definition) is 0. The molecule has 4 aromatic carbocycles. The number of hydrogen-bond acceptors (Lipinski definition) is 2. The summed E-state index contributed by atoms with van der Waals surface area (Å²) in [5, 5.41) is 2.18. The van der Waals surface area contributed by atoms with Gasteiger partial charge in [-0.3, -0.25) is 4.79 Å². The van der Waals surface area contributed by atoms with Crippen LogP contribution in [0.5, 0.6) is 0 Å². The topological polar surface area (TPSA) is 29.6 Å². The summed E-state index contributed by atoms with van der Waals surface area (Å²) in [7, 11) is 0. The van der Waals surface area contributed by atoms with Crippen LogP contribution in [0.25, 0.3) is 10.8 Å². The fourth-order valence-electron chi connectivity index (χ4n) is 4.82. The molecular weight excluding hydrogens is 332 g/mol. The maximum Gasteiger partial charge on any atom is 0.203 e. The highest BCUT2D eigenvalue weighted by Crippen LogP contribution is 2.72. The maximum atomic E-state index is 13.7. The van der Waals surface area contributed by atoms with Gasteiger partial charge in [0.1, 0.15) is 0 Å². The third kappa shape index (κ3) is 1.62. The highest BCUT2D eigenvalue weighted by Gasteiger charge is 2.81. The molecule has 2 nitrogen and oxygen atoms in total. The van der Waals surface area contributed by atoms with E-state index in [-0.39, 0.29) is 5.78 Å². The van der Waals surface area contributed by atoms with Gasteiger partial charge in [-0.25, -0.2) is 0 Å². The van der Waals surface area contributed by atoms with Gasteiger partial charge in [0.05, 0.1) is 0 Å². The van der Waals surface area contributed by atoms with Crippen LogP contribution in [0.1, 0.15) is 27.0 Å². The molecule has 0 saturated carbocycles. The predicted octanol–water partition coefficient (Wildman–Crippen LogP) is 5.21. The molecule has 2 heteroatoms. The lowest BCUT2D eigenvalue weighted by Gasteiger charge is -2.15. The van der Waals surface area contributed by atoms with E-state index in [4.69, 9.17) is 4.74 Å². The van der Waals surface area contributed by atoms with Crippen molar-refractivity contribution in [3.05, 3.63) is 119 Å². The molecule has 2 atom stereocenters. The molecule has 0 radical (unpaired) electrons. The molecule has 6 rings (SSSR count). The molecule has 1 fully saturated rings. The maximum absolute atomic E-state index is 13.7. The highest BCUT2D eigenvalue weighted by molar-refractivity contribution is 6.14. The van der Waals surface area contributed by atoms with E-state index < -0.39 is 11.2 Å². The second kappa shape index (κ2) is 4.93. The van der Waals surface area contributed by atoms with Crippen LogP contribution >= 0.6 is 0 Å². The first kappa shape index (κ1) is 14.9. The van der Waals surface area contributed by atoms with Crippen molar-refractivity contribution in [1.82, 2.24) is 0 Å². The van der Waals surface area contributed by atoms with Crippen LogP contribution in [-0.2, 0) is 15.9 Å². The molecule has 0 N–H and O–H groups in total. The first-order chi connectivity index (χ1) is 13.3. The lowest BCUT2D eigenvalue weighted by atomic mass is 9.80. The van der Waals surface area contributed by atoms with Crippen molar-refractivity contribution >= 4 is 16.6 Å². The molecule has 4 aromatic rings. The Labute approximate surface area is 157 Å². The minimum absolute atomic E-state index is 0.0540. The number of ketones is 1. The lowest BCUT2D eigenvalue weighted by Crippen LogP contribution is -2.24. The Bertz CT molecular complexity index is 1220. The van der Waals surface area contributed by atoms with E-state index in [1.54, 1.807) is 0 Å². The predicted molar refractivity (Wildman–Crippen MR) is 105 cm³/mol. The van der Waals surface area contributed by atoms with Crippen LogP contribution < -0.4 is 0 Å². The minimum Gasteiger partial charge on any atom is -0.338 e. The fraction of sp³-hybridized carbons (Fsp3) is 0.0800. The molecule has 1 aliphatic carbocycles.